The number of benzene rings is 1. The van der Waals surface area contributed by atoms with Gasteiger partial charge in [0.2, 0.25) is 0 Å². The van der Waals surface area contributed by atoms with Gasteiger partial charge in [0.1, 0.15) is 12.1 Å². The summed E-state index contributed by atoms with van der Waals surface area (Å²) in [5, 5.41) is 3.37. The monoisotopic (exact) mass is 323 g/mol. The number of nitrogens with one attached hydrogen (secondary N) is 1. The van der Waals surface area contributed by atoms with E-state index in [2.05, 4.69) is 31.2 Å². The smallest absolute Gasteiger partial charge is 0.123 e. The summed E-state index contributed by atoms with van der Waals surface area (Å²) >= 11 is 3.46. The second kappa shape index (κ2) is 6.73. The number of aromatic nitrogens is 2. The van der Waals surface area contributed by atoms with E-state index in [0.717, 1.165) is 22.1 Å². The molecule has 1 unspecified atom stereocenters. The van der Waals surface area contributed by atoms with Gasteiger partial charge >= 0.3 is 0 Å². The largest absolute Gasteiger partial charge is 0.310 e. The number of rotatable bonds is 5. The molecule has 1 atom stereocenters. The Labute approximate surface area is 120 Å². The van der Waals surface area contributed by atoms with E-state index in [9.17, 15) is 4.39 Å². The summed E-state index contributed by atoms with van der Waals surface area (Å²) in [6, 6.07) is 4.80. The summed E-state index contributed by atoms with van der Waals surface area (Å²) in [6.07, 6.45) is 5.76. The average Bonchev–Trinajstić information content (AvgIpc) is 2.43. The lowest BCUT2D eigenvalue weighted by atomic mass is 10.0. The van der Waals surface area contributed by atoms with Crippen LogP contribution in [0.15, 0.2) is 41.4 Å². The lowest BCUT2D eigenvalue weighted by molar-refractivity contribution is 0.542. The molecule has 5 heteroatoms. The molecule has 0 fully saturated rings. The Morgan fingerprint density at radius 2 is 2.05 bits per heavy atom. The third-order valence-corrected chi connectivity index (χ3v) is 3.64. The van der Waals surface area contributed by atoms with Gasteiger partial charge in [-0.25, -0.2) is 14.4 Å². The summed E-state index contributed by atoms with van der Waals surface area (Å²) < 4.78 is 14.2. The van der Waals surface area contributed by atoms with Crippen LogP contribution in [0.2, 0.25) is 0 Å². The Morgan fingerprint density at radius 3 is 2.74 bits per heavy atom. The number of hydrogen-bond donors (Lipinski definition) is 1. The standard InChI is InChI=1S/C14H15BrFN3/c1-2-19-14(11-7-17-9-18-8-11)6-10-5-12(16)3-4-13(10)15/h3-5,7-9,14,19H,2,6H2,1H3. The Bertz CT molecular complexity index is 533. The fraction of sp³-hybridized carbons (Fsp3) is 0.286. The van der Waals surface area contributed by atoms with Gasteiger partial charge in [0.05, 0.1) is 0 Å². The molecule has 0 aliphatic heterocycles. The Morgan fingerprint density at radius 1 is 1.32 bits per heavy atom. The lowest BCUT2D eigenvalue weighted by Gasteiger charge is -2.18. The molecule has 0 radical (unpaired) electrons. The number of nitrogens with zero attached hydrogens (tertiary/aromatic N) is 2. The van der Waals surface area contributed by atoms with Crippen molar-refractivity contribution in [1.29, 1.82) is 0 Å². The lowest BCUT2D eigenvalue weighted by Crippen LogP contribution is -2.23. The highest BCUT2D eigenvalue weighted by atomic mass is 79.9. The SMILES string of the molecule is CCNC(Cc1cc(F)ccc1Br)c1cncnc1. The van der Waals surface area contributed by atoms with Crippen molar-refractivity contribution in [3.63, 3.8) is 0 Å². The highest BCUT2D eigenvalue weighted by molar-refractivity contribution is 9.10. The van der Waals surface area contributed by atoms with E-state index in [-0.39, 0.29) is 11.9 Å². The minimum Gasteiger partial charge on any atom is -0.310 e. The summed E-state index contributed by atoms with van der Waals surface area (Å²) in [4.78, 5) is 8.07. The average molecular weight is 324 g/mol. The van der Waals surface area contributed by atoms with Crippen molar-refractivity contribution in [3.8, 4) is 0 Å². The maximum atomic E-state index is 13.3. The second-order valence-corrected chi connectivity index (χ2v) is 5.08. The number of likely N-dealkylation sites (N-methyl/N-ethyl adjacent to an activating group) is 1. The molecule has 0 spiro atoms. The van der Waals surface area contributed by atoms with Crippen LogP contribution in [0.4, 0.5) is 4.39 Å². The second-order valence-electron chi connectivity index (χ2n) is 4.22. The van der Waals surface area contributed by atoms with Crippen molar-refractivity contribution in [2.24, 2.45) is 0 Å². The van der Waals surface area contributed by atoms with Crippen molar-refractivity contribution < 1.29 is 4.39 Å². The van der Waals surface area contributed by atoms with Crippen molar-refractivity contribution in [1.82, 2.24) is 15.3 Å². The summed E-state index contributed by atoms with van der Waals surface area (Å²) in [7, 11) is 0. The molecular weight excluding hydrogens is 309 g/mol. The van der Waals surface area contributed by atoms with Gasteiger partial charge in [-0.1, -0.05) is 22.9 Å². The van der Waals surface area contributed by atoms with Crippen molar-refractivity contribution >= 4 is 15.9 Å². The molecule has 0 bridgehead atoms. The first-order valence-corrected chi connectivity index (χ1v) is 6.92. The van der Waals surface area contributed by atoms with E-state index < -0.39 is 0 Å². The maximum absolute atomic E-state index is 13.3. The molecule has 0 amide bonds. The molecule has 1 aromatic heterocycles. The van der Waals surface area contributed by atoms with Crippen LogP contribution in [0.25, 0.3) is 0 Å². The van der Waals surface area contributed by atoms with Gasteiger partial charge in [0.15, 0.2) is 0 Å². The van der Waals surface area contributed by atoms with Gasteiger partial charge in [0, 0.05) is 28.5 Å². The molecule has 0 aliphatic rings. The third kappa shape index (κ3) is 3.81. The van der Waals surface area contributed by atoms with Gasteiger partial charge in [-0.05, 0) is 36.7 Å². The Balaban J connectivity index is 2.24. The van der Waals surface area contributed by atoms with E-state index in [0.29, 0.717) is 6.42 Å². The molecule has 1 heterocycles. The van der Waals surface area contributed by atoms with Crippen LogP contribution in [-0.4, -0.2) is 16.5 Å². The van der Waals surface area contributed by atoms with Crippen LogP contribution >= 0.6 is 15.9 Å². The van der Waals surface area contributed by atoms with Crippen molar-refractivity contribution in [3.05, 3.63) is 58.3 Å². The van der Waals surface area contributed by atoms with E-state index in [1.54, 1.807) is 24.5 Å². The molecular formula is C14H15BrFN3. The van der Waals surface area contributed by atoms with Crippen LogP contribution in [0, 0.1) is 5.82 Å². The van der Waals surface area contributed by atoms with E-state index >= 15 is 0 Å². The zero-order valence-corrected chi connectivity index (χ0v) is 12.2. The van der Waals surface area contributed by atoms with E-state index in [4.69, 9.17) is 0 Å². The van der Waals surface area contributed by atoms with Crippen molar-refractivity contribution in [2.45, 2.75) is 19.4 Å². The van der Waals surface area contributed by atoms with Gasteiger partial charge in [-0.2, -0.15) is 0 Å². The number of hydrogen-bond acceptors (Lipinski definition) is 3. The third-order valence-electron chi connectivity index (χ3n) is 2.87. The van der Waals surface area contributed by atoms with Gasteiger partial charge in [0.25, 0.3) is 0 Å². The molecule has 0 saturated carbocycles. The first kappa shape index (κ1) is 14.1. The van der Waals surface area contributed by atoms with E-state index in [1.165, 1.54) is 12.4 Å². The van der Waals surface area contributed by atoms with Gasteiger partial charge in [-0.15, -0.1) is 0 Å². The molecule has 1 N–H and O–H groups in total. The van der Waals surface area contributed by atoms with Crippen LogP contribution in [0.1, 0.15) is 24.1 Å². The highest BCUT2D eigenvalue weighted by Crippen LogP contribution is 2.24. The van der Waals surface area contributed by atoms with Gasteiger partial charge in [-0.3, -0.25) is 0 Å². The molecule has 0 aliphatic carbocycles. The predicted octanol–water partition coefficient (Wildman–Crippen LogP) is 3.27. The molecule has 3 nitrogen and oxygen atoms in total. The zero-order valence-electron chi connectivity index (χ0n) is 10.6. The zero-order chi connectivity index (χ0) is 13.7. The summed E-state index contributed by atoms with van der Waals surface area (Å²) in [5.41, 5.74) is 1.93. The first-order chi connectivity index (χ1) is 9.20. The van der Waals surface area contributed by atoms with Crippen LogP contribution in [0.5, 0.6) is 0 Å². The molecule has 2 aromatic rings. The minimum atomic E-state index is -0.224. The summed E-state index contributed by atoms with van der Waals surface area (Å²) in [5.74, 6) is -0.224. The Kier molecular flexibility index (Phi) is 4.99. The minimum absolute atomic E-state index is 0.0734. The van der Waals surface area contributed by atoms with E-state index in [1.807, 2.05) is 6.92 Å². The summed E-state index contributed by atoms with van der Waals surface area (Å²) in [6.45, 7) is 2.86. The highest BCUT2D eigenvalue weighted by Gasteiger charge is 2.14. The molecule has 2 rings (SSSR count). The number of halogens is 2. The fourth-order valence-electron chi connectivity index (χ4n) is 1.96. The quantitative estimate of drug-likeness (QED) is 0.917. The normalized spacial score (nSPS) is 12.4. The predicted molar refractivity (Wildman–Crippen MR) is 76.3 cm³/mol. The van der Waals surface area contributed by atoms with Gasteiger partial charge < -0.3 is 5.32 Å². The molecule has 1 aromatic carbocycles. The Hall–Kier alpha value is -1.33. The van der Waals surface area contributed by atoms with Crippen molar-refractivity contribution in [2.75, 3.05) is 6.54 Å². The maximum Gasteiger partial charge on any atom is 0.123 e. The molecule has 19 heavy (non-hydrogen) atoms. The first-order valence-electron chi connectivity index (χ1n) is 6.13. The van der Waals surface area contributed by atoms with Crippen LogP contribution in [0.3, 0.4) is 0 Å². The van der Waals surface area contributed by atoms with Crippen LogP contribution < -0.4 is 5.32 Å². The molecule has 100 valence electrons. The fourth-order valence-corrected chi connectivity index (χ4v) is 2.37. The van der Waals surface area contributed by atoms with Crippen LogP contribution in [-0.2, 0) is 6.42 Å². The molecule has 0 saturated heterocycles. The topological polar surface area (TPSA) is 37.8 Å².